The van der Waals surface area contributed by atoms with Gasteiger partial charge in [0.1, 0.15) is 6.04 Å². The zero-order valence-electron chi connectivity index (χ0n) is 9.55. The van der Waals surface area contributed by atoms with Crippen LogP contribution in [0.4, 0.5) is 13.2 Å². The highest BCUT2D eigenvalue weighted by molar-refractivity contribution is 5.89. The average Bonchev–Trinajstić information content (AvgIpc) is 2.14. The van der Waals surface area contributed by atoms with Crippen LogP contribution in [-0.2, 0) is 0 Å². The molecule has 1 aliphatic heterocycles. The lowest BCUT2D eigenvalue weighted by Gasteiger charge is -2.29. The molecule has 0 saturated carbocycles. The van der Waals surface area contributed by atoms with Gasteiger partial charge in [-0.15, -0.1) is 0 Å². The van der Waals surface area contributed by atoms with E-state index in [1.807, 2.05) is 0 Å². The molecular weight excluding hydrogens is 231 g/mol. The Kier molecular flexibility index (Phi) is 3.98. The van der Waals surface area contributed by atoms with Crippen molar-refractivity contribution < 1.29 is 13.2 Å². The molecule has 0 bridgehead atoms. The van der Waals surface area contributed by atoms with E-state index in [1.54, 1.807) is 6.92 Å². The highest BCUT2D eigenvalue weighted by Crippen LogP contribution is 2.27. The number of hydrogen-bond donors (Lipinski definition) is 2. The highest BCUT2D eigenvalue weighted by Gasteiger charge is 2.40. The Balaban J connectivity index is 2.65. The van der Waals surface area contributed by atoms with Crippen molar-refractivity contribution in [2.24, 2.45) is 0 Å². The van der Waals surface area contributed by atoms with Crippen molar-refractivity contribution >= 4 is 5.71 Å². The third-order valence-electron chi connectivity index (χ3n) is 2.16. The van der Waals surface area contributed by atoms with Gasteiger partial charge in [-0.05, 0) is 19.1 Å². The molecule has 0 aromatic carbocycles. The van der Waals surface area contributed by atoms with Crippen molar-refractivity contribution in [1.82, 2.24) is 10.2 Å². The van der Waals surface area contributed by atoms with E-state index in [2.05, 4.69) is 5.32 Å². The Morgan fingerprint density at radius 2 is 2.18 bits per heavy atom. The van der Waals surface area contributed by atoms with Crippen molar-refractivity contribution in [3.05, 3.63) is 36.3 Å². The van der Waals surface area contributed by atoms with Crippen LogP contribution in [0.2, 0.25) is 0 Å². The molecule has 2 N–H and O–H groups in total. The molecule has 1 heterocycles. The molecule has 1 atom stereocenters. The second-order valence-corrected chi connectivity index (χ2v) is 3.76. The lowest BCUT2D eigenvalue weighted by atomic mass is 10.1. The molecule has 1 unspecified atom stereocenters. The lowest BCUT2D eigenvalue weighted by molar-refractivity contribution is -0.161. The summed E-state index contributed by atoms with van der Waals surface area (Å²) in [5.74, 6) is 0. The van der Waals surface area contributed by atoms with E-state index < -0.39 is 12.2 Å². The normalized spacial score (nSPS) is 20.6. The number of allylic oxidation sites excluding steroid dienone is 2. The third-order valence-corrected chi connectivity index (χ3v) is 2.16. The molecule has 0 fully saturated rings. The van der Waals surface area contributed by atoms with Crippen LogP contribution in [0.5, 0.6) is 0 Å². The summed E-state index contributed by atoms with van der Waals surface area (Å²) in [5.41, 5.74) is 0.907. The third kappa shape index (κ3) is 3.97. The fourth-order valence-corrected chi connectivity index (χ4v) is 1.36. The molecule has 0 spiro atoms. The van der Waals surface area contributed by atoms with Crippen LogP contribution >= 0.6 is 0 Å². The van der Waals surface area contributed by atoms with Gasteiger partial charge in [0.2, 0.25) is 0 Å². The summed E-state index contributed by atoms with van der Waals surface area (Å²) < 4.78 is 37.5. The van der Waals surface area contributed by atoms with Crippen LogP contribution < -0.4 is 5.32 Å². The minimum Gasteiger partial charge on any atom is -0.364 e. The van der Waals surface area contributed by atoms with Gasteiger partial charge in [0.25, 0.3) is 0 Å². The van der Waals surface area contributed by atoms with Gasteiger partial charge in [0.15, 0.2) is 0 Å². The Hall–Kier alpha value is -1.72. The maximum Gasteiger partial charge on any atom is 0.412 e. The van der Waals surface area contributed by atoms with Crippen molar-refractivity contribution in [3.63, 3.8) is 0 Å². The molecule has 1 aliphatic rings. The highest BCUT2D eigenvalue weighted by atomic mass is 19.4. The quantitative estimate of drug-likeness (QED) is 0.749. The number of alkyl halides is 3. The van der Waals surface area contributed by atoms with E-state index in [1.165, 1.54) is 31.6 Å². The van der Waals surface area contributed by atoms with Gasteiger partial charge < -0.3 is 15.6 Å². The van der Waals surface area contributed by atoms with Crippen LogP contribution in [0.3, 0.4) is 0 Å². The van der Waals surface area contributed by atoms with Crippen molar-refractivity contribution in [1.29, 1.82) is 5.41 Å². The number of halogens is 3. The Morgan fingerprint density at radius 3 is 2.65 bits per heavy atom. The predicted molar refractivity (Wildman–Crippen MR) is 60.5 cm³/mol. The summed E-state index contributed by atoms with van der Waals surface area (Å²) in [6.45, 7) is 1.61. The number of nitrogens with zero attached hydrogens (tertiary/aromatic N) is 1. The molecule has 0 aliphatic carbocycles. The summed E-state index contributed by atoms with van der Waals surface area (Å²) in [5, 5.41) is 9.94. The Bertz CT molecular complexity index is 380. The van der Waals surface area contributed by atoms with Crippen LogP contribution in [0.1, 0.15) is 6.92 Å². The molecular formula is C11H14F3N3. The van der Waals surface area contributed by atoms with E-state index in [4.69, 9.17) is 5.41 Å². The van der Waals surface area contributed by atoms with Gasteiger partial charge >= 0.3 is 6.18 Å². The molecule has 0 aromatic heterocycles. The topological polar surface area (TPSA) is 39.1 Å². The first-order valence-electron chi connectivity index (χ1n) is 4.97. The molecule has 0 amide bonds. The molecule has 17 heavy (non-hydrogen) atoms. The van der Waals surface area contributed by atoms with Gasteiger partial charge in [0, 0.05) is 25.2 Å². The number of hydrogen-bond acceptors (Lipinski definition) is 3. The van der Waals surface area contributed by atoms with Crippen molar-refractivity contribution in [2.45, 2.75) is 19.1 Å². The first-order valence-corrected chi connectivity index (χ1v) is 4.97. The number of likely N-dealkylation sites (N-methyl/N-ethyl adjacent to an activating group) is 1. The van der Waals surface area contributed by atoms with E-state index in [0.717, 1.165) is 11.0 Å². The van der Waals surface area contributed by atoms with Gasteiger partial charge in [-0.1, -0.05) is 6.08 Å². The second kappa shape index (κ2) is 5.07. The van der Waals surface area contributed by atoms with Crippen LogP contribution in [-0.4, -0.2) is 29.9 Å². The zero-order chi connectivity index (χ0) is 13.1. The van der Waals surface area contributed by atoms with Crippen LogP contribution in [0.25, 0.3) is 0 Å². The van der Waals surface area contributed by atoms with E-state index >= 15 is 0 Å². The summed E-state index contributed by atoms with van der Waals surface area (Å²) in [6, 6.07) is -1.58. The van der Waals surface area contributed by atoms with Gasteiger partial charge in [0.05, 0.1) is 5.70 Å². The summed E-state index contributed by atoms with van der Waals surface area (Å²) in [6.07, 6.45) is 2.61. The number of nitrogens with one attached hydrogen (secondary N) is 2. The van der Waals surface area contributed by atoms with Gasteiger partial charge in [-0.25, -0.2) is 0 Å². The van der Waals surface area contributed by atoms with Gasteiger partial charge in [-0.3, -0.25) is 0 Å². The molecule has 6 heteroatoms. The fourth-order valence-electron chi connectivity index (χ4n) is 1.36. The zero-order valence-corrected chi connectivity index (χ0v) is 9.55. The average molecular weight is 245 g/mol. The summed E-state index contributed by atoms with van der Waals surface area (Å²) in [4.78, 5) is 1.09. The minimum atomic E-state index is -4.27. The lowest BCUT2D eigenvalue weighted by Crippen LogP contribution is -2.41. The fraction of sp³-hybridized carbons (Fsp3) is 0.364. The Morgan fingerprint density at radius 1 is 1.53 bits per heavy atom. The maximum absolute atomic E-state index is 12.5. The largest absolute Gasteiger partial charge is 0.412 e. The van der Waals surface area contributed by atoms with Gasteiger partial charge in [-0.2, -0.15) is 13.2 Å². The summed E-state index contributed by atoms with van der Waals surface area (Å²) >= 11 is 0. The minimum absolute atomic E-state index is 0.361. The van der Waals surface area contributed by atoms with Crippen LogP contribution in [0, 0.1) is 5.41 Å². The monoisotopic (exact) mass is 245 g/mol. The smallest absolute Gasteiger partial charge is 0.364 e. The van der Waals surface area contributed by atoms with Crippen LogP contribution in [0.15, 0.2) is 36.3 Å². The Labute approximate surface area is 97.8 Å². The SMILES string of the molecule is CC(=N)/C=C\NC1=CN(C)C(C(F)(F)F)C=C1. The predicted octanol–water partition coefficient (Wildman–Crippen LogP) is 2.40. The molecule has 0 aromatic rings. The van der Waals surface area contributed by atoms with Crippen molar-refractivity contribution in [2.75, 3.05) is 7.05 Å². The molecule has 1 rings (SSSR count). The van der Waals surface area contributed by atoms with E-state index in [9.17, 15) is 13.2 Å². The molecule has 0 radical (unpaired) electrons. The number of rotatable bonds is 3. The van der Waals surface area contributed by atoms with E-state index in [0.29, 0.717) is 11.4 Å². The van der Waals surface area contributed by atoms with E-state index in [-0.39, 0.29) is 0 Å². The first kappa shape index (κ1) is 13.3. The van der Waals surface area contributed by atoms with Crippen molar-refractivity contribution in [3.8, 4) is 0 Å². The summed E-state index contributed by atoms with van der Waals surface area (Å²) in [7, 11) is 1.37. The first-order chi connectivity index (χ1) is 7.80. The molecule has 94 valence electrons. The molecule has 0 saturated heterocycles. The maximum atomic E-state index is 12.5. The molecule has 3 nitrogen and oxygen atoms in total. The second-order valence-electron chi connectivity index (χ2n) is 3.76. The standard InChI is InChI=1S/C11H14F3N3/c1-8(15)5-6-16-9-3-4-10(11(12,13)14)17(2)7-9/h3-7,10,15-16H,1-2H3/b6-5-,15-8?.